The molecule has 3 rings (SSSR count). The minimum atomic E-state index is -3.58. The van der Waals surface area contributed by atoms with Gasteiger partial charge in [-0.25, -0.2) is 22.2 Å². The number of carbonyl (C=O) groups excluding carboxylic acids is 1. The van der Waals surface area contributed by atoms with E-state index in [1.54, 1.807) is 10.6 Å². The molecule has 0 radical (unpaired) electrons. The Hall–Kier alpha value is -2.50. The largest absolute Gasteiger partial charge is 0.326 e. The Morgan fingerprint density at radius 3 is 2.55 bits per heavy atom. The number of benzene rings is 1. The number of hydrogen-bond donors (Lipinski definition) is 1. The second-order valence-electron chi connectivity index (χ2n) is 7.38. The molecular weight excluding hydrogens is 436 g/mol. The maximum Gasteiger partial charge on any atom is 0.253 e. The van der Waals surface area contributed by atoms with Crippen LogP contribution in [0.2, 0.25) is 0 Å². The third-order valence-electron chi connectivity index (χ3n) is 5.08. The first kappa shape index (κ1) is 23.2. The average molecular weight is 463 g/mol. The first-order valence-electron chi connectivity index (χ1n) is 9.64. The van der Waals surface area contributed by atoms with Crippen LogP contribution in [0, 0.1) is 20.8 Å². The Balaban J connectivity index is 1.78. The summed E-state index contributed by atoms with van der Waals surface area (Å²) >= 11 is 1.45. The highest BCUT2D eigenvalue weighted by Gasteiger charge is 2.19. The molecule has 11 heteroatoms. The predicted octanol–water partition coefficient (Wildman–Crippen LogP) is 2.59. The molecule has 0 bridgehead atoms. The molecule has 0 spiro atoms. The van der Waals surface area contributed by atoms with Crippen LogP contribution in [0.1, 0.15) is 28.9 Å². The van der Waals surface area contributed by atoms with Gasteiger partial charge in [-0.05, 0) is 56.7 Å². The summed E-state index contributed by atoms with van der Waals surface area (Å²) in [7, 11) is -0.638. The third kappa shape index (κ3) is 4.73. The molecule has 31 heavy (non-hydrogen) atoms. The Morgan fingerprint density at radius 1 is 1.19 bits per heavy atom. The SMILES string of the molecule is CSc1nc2nc(C)c(CCC(=O)Nc3cc(S(=O)(=O)N(C)C)ccc3C)c(C)n2n1. The Labute approximate surface area is 186 Å². The zero-order valence-corrected chi connectivity index (χ0v) is 20.1. The highest BCUT2D eigenvalue weighted by molar-refractivity contribution is 7.98. The van der Waals surface area contributed by atoms with Gasteiger partial charge in [0.05, 0.1) is 4.90 Å². The molecule has 3 aromatic rings. The van der Waals surface area contributed by atoms with E-state index in [0.717, 1.165) is 26.8 Å². The summed E-state index contributed by atoms with van der Waals surface area (Å²) in [5.74, 6) is 0.340. The van der Waals surface area contributed by atoms with Crippen LogP contribution < -0.4 is 5.32 Å². The minimum Gasteiger partial charge on any atom is -0.326 e. The standard InChI is InChI=1S/C20H26N6O3S2/c1-12-7-8-15(31(28,29)25(4)5)11-17(12)22-18(27)10-9-16-13(2)21-19-23-20(30-6)24-26(19)14(16)3/h7-8,11H,9-10H2,1-6H3,(H,22,27). The van der Waals surface area contributed by atoms with E-state index in [1.165, 1.54) is 38.0 Å². The summed E-state index contributed by atoms with van der Waals surface area (Å²) in [6.07, 6.45) is 2.61. The number of aromatic nitrogens is 4. The molecule has 0 aliphatic heterocycles. The fourth-order valence-corrected chi connectivity index (χ4v) is 4.46. The molecule has 0 fully saturated rings. The molecule has 2 aromatic heterocycles. The van der Waals surface area contributed by atoms with Gasteiger partial charge in [0.25, 0.3) is 5.78 Å². The van der Waals surface area contributed by atoms with Crippen molar-refractivity contribution < 1.29 is 13.2 Å². The van der Waals surface area contributed by atoms with Crippen molar-refractivity contribution in [1.82, 2.24) is 23.9 Å². The zero-order chi connectivity index (χ0) is 22.9. The van der Waals surface area contributed by atoms with Gasteiger partial charge in [0.15, 0.2) is 0 Å². The molecule has 166 valence electrons. The van der Waals surface area contributed by atoms with Crippen LogP contribution in [0.15, 0.2) is 28.3 Å². The molecule has 0 aliphatic carbocycles. The number of carbonyl (C=O) groups is 1. The van der Waals surface area contributed by atoms with Gasteiger partial charge >= 0.3 is 0 Å². The van der Waals surface area contributed by atoms with E-state index in [0.29, 0.717) is 23.0 Å². The van der Waals surface area contributed by atoms with E-state index in [4.69, 9.17) is 0 Å². The monoisotopic (exact) mass is 462 g/mol. The minimum absolute atomic E-state index is 0.135. The Morgan fingerprint density at radius 2 is 1.90 bits per heavy atom. The van der Waals surface area contributed by atoms with Gasteiger partial charge in [0, 0.05) is 37.6 Å². The molecule has 1 amide bonds. The smallest absolute Gasteiger partial charge is 0.253 e. The molecule has 2 heterocycles. The molecule has 0 aliphatic rings. The average Bonchev–Trinajstić information content (AvgIpc) is 3.12. The van der Waals surface area contributed by atoms with Gasteiger partial charge in [-0.2, -0.15) is 4.98 Å². The number of anilines is 1. The lowest BCUT2D eigenvalue weighted by Gasteiger charge is -2.15. The fraction of sp³-hybridized carbons (Fsp3) is 0.400. The molecule has 0 unspecified atom stereocenters. The van der Waals surface area contributed by atoms with Crippen molar-refractivity contribution in [3.63, 3.8) is 0 Å². The maximum atomic E-state index is 12.6. The summed E-state index contributed by atoms with van der Waals surface area (Å²) in [4.78, 5) is 21.7. The first-order valence-corrected chi connectivity index (χ1v) is 12.3. The highest BCUT2D eigenvalue weighted by atomic mass is 32.2. The first-order chi connectivity index (χ1) is 14.5. The second-order valence-corrected chi connectivity index (χ2v) is 10.3. The summed E-state index contributed by atoms with van der Waals surface area (Å²) in [5, 5.41) is 7.92. The number of aryl methyl sites for hydroxylation is 3. The van der Waals surface area contributed by atoms with E-state index < -0.39 is 10.0 Å². The molecule has 1 aromatic carbocycles. The fourth-order valence-electron chi connectivity index (χ4n) is 3.20. The highest BCUT2D eigenvalue weighted by Crippen LogP contribution is 2.23. The molecular formula is C20H26N6O3S2. The van der Waals surface area contributed by atoms with Gasteiger partial charge in [0.2, 0.25) is 21.1 Å². The Bertz CT molecular complexity index is 1250. The zero-order valence-electron chi connectivity index (χ0n) is 18.4. The maximum absolute atomic E-state index is 12.6. The molecule has 0 atom stereocenters. The normalized spacial score (nSPS) is 12.0. The van der Waals surface area contributed by atoms with E-state index >= 15 is 0 Å². The van der Waals surface area contributed by atoms with Gasteiger partial charge < -0.3 is 5.32 Å². The molecule has 0 saturated heterocycles. The van der Waals surface area contributed by atoms with Crippen molar-refractivity contribution in [2.45, 2.75) is 43.7 Å². The van der Waals surface area contributed by atoms with Crippen LogP contribution in [0.4, 0.5) is 5.69 Å². The summed E-state index contributed by atoms with van der Waals surface area (Å²) in [6, 6.07) is 4.72. The number of nitrogens with one attached hydrogen (secondary N) is 1. The molecule has 9 nitrogen and oxygen atoms in total. The van der Waals surface area contributed by atoms with Crippen LogP contribution >= 0.6 is 11.8 Å². The lowest BCUT2D eigenvalue weighted by molar-refractivity contribution is -0.116. The van der Waals surface area contributed by atoms with Crippen molar-refractivity contribution >= 4 is 39.2 Å². The molecule has 0 saturated carbocycles. The number of thioether (sulfide) groups is 1. The number of sulfonamides is 1. The summed E-state index contributed by atoms with van der Waals surface area (Å²) < 4.78 is 27.6. The summed E-state index contributed by atoms with van der Waals surface area (Å²) in [5.41, 5.74) is 3.93. The molecule has 1 N–H and O–H groups in total. The number of fused-ring (bicyclic) bond motifs is 1. The van der Waals surface area contributed by atoms with Crippen LogP contribution in [-0.4, -0.2) is 58.6 Å². The van der Waals surface area contributed by atoms with Crippen LogP contribution in [-0.2, 0) is 21.2 Å². The lowest BCUT2D eigenvalue weighted by atomic mass is 10.1. The van der Waals surface area contributed by atoms with Crippen LogP contribution in [0.5, 0.6) is 0 Å². The van der Waals surface area contributed by atoms with Gasteiger partial charge in [-0.1, -0.05) is 17.8 Å². The van der Waals surface area contributed by atoms with Crippen molar-refractivity contribution in [3.8, 4) is 0 Å². The number of hydrogen-bond acceptors (Lipinski definition) is 7. The topological polar surface area (TPSA) is 110 Å². The Kier molecular flexibility index (Phi) is 6.68. The lowest BCUT2D eigenvalue weighted by Crippen LogP contribution is -2.22. The van der Waals surface area contributed by atoms with Crippen LogP contribution in [0.25, 0.3) is 5.78 Å². The van der Waals surface area contributed by atoms with Crippen molar-refractivity contribution in [2.75, 3.05) is 25.7 Å². The van der Waals surface area contributed by atoms with E-state index in [-0.39, 0.29) is 17.2 Å². The van der Waals surface area contributed by atoms with Gasteiger partial charge in [-0.15, -0.1) is 5.10 Å². The van der Waals surface area contributed by atoms with Crippen molar-refractivity contribution in [2.24, 2.45) is 0 Å². The summed E-state index contributed by atoms with van der Waals surface area (Å²) in [6.45, 7) is 5.66. The number of amides is 1. The third-order valence-corrected chi connectivity index (χ3v) is 7.43. The predicted molar refractivity (Wildman–Crippen MR) is 121 cm³/mol. The quantitative estimate of drug-likeness (QED) is 0.538. The van der Waals surface area contributed by atoms with E-state index in [2.05, 4.69) is 20.4 Å². The second kappa shape index (κ2) is 8.93. The number of nitrogens with zero attached hydrogens (tertiary/aromatic N) is 5. The number of rotatable bonds is 7. The van der Waals surface area contributed by atoms with Crippen LogP contribution in [0.3, 0.4) is 0 Å². The van der Waals surface area contributed by atoms with Crippen molar-refractivity contribution in [1.29, 1.82) is 0 Å². The van der Waals surface area contributed by atoms with Crippen molar-refractivity contribution in [3.05, 3.63) is 40.7 Å². The van der Waals surface area contributed by atoms with E-state index in [9.17, 15) is 13.2 Å². The van der Waals surface area contributed by atoms with Gasteiger partial charge in [0.1, 0.15) is 0 Å². The van der Waals surface area contributed by atoms with E-state index in [1.807, 2.05) is 27.0 Å². The van der Waals surface area contributed by atoms with Gasteiger partial charge in [-0.3, -0.25) is 4.79 Å².